The van der Waals surface area contributed by atoms with E-state index in [4.69, 9.17) is 20.5 Å². The number of nitriles is 1. The lowest BCUT2D eigenvalue weighted by Crippen LogP contribution is -2.45. The molecule has 0 bridgehead atoms. The molecule has 3 rings (SSSR count). The first kappa shape index (κ1) is 26.1. The van der Waals surface area contributed by atoms with Crippen LogP contribution in [0.2, 0.25) is 0 Å². The van der Waals surface area contributed by atoms with Crippen molar-refractivity contribution in [2.24, 2.45) is 0 Å². The minimum Gasteiger partial charge on any atom is -0.496 e. The Kier molecular flexibility index (Phi) is 8.52. The Hall–Kier alpha value is -4.52. The summed E-state index contributed by atoms with van der Waals surface area (Å²) in [5, 5.41) is 9.00. The Morgan fingerprint density at radius 3 is 2.53 bits per heavy atom. The molecule has 0 radical (unpaired) electrons. The van der Waals surface area contributed by atoms with Crippen LogP contribution in [-0.4, -0.2) is 28.7 Å². The van der Waals surface area contributed by atoms with Crippen molar-refractivity contribution in [2.75, 3.05) is 17.7 Å². The number of benzene rings is 2. The number of nitrogens with one attached hydrogen (secondary N) is 1. The molecule has 10 nitrogen and oxygen atoms in total. The Bertz CT molecular complexity index is 1370. The molecule has 0 saturated carbocycles. The number of nitrogen functional groups attached to an aromatic ring is 1. The van der Waals surface area contributed by atoms with Crippen LogP contribution in [0.4, 0.5) is 11.5 Å². The maximum atomic E-state index is 13.7. The number of amides is 1. The van der Waals surface area contributed by atoms with Crippen LogP contribution in [-0.2, 0) is 17.9 Å². The van der Waals surface area contributed by atoms with Crippen LogP contribution >= 0.6 is 0 Å². The number of rotatable bonds is 10. The summed E-state index contributed by atoms with van der Waals surface area (Å²) in [4.78, 5) is 42.6. The number of unbranched alkanes of at least 4 members (excludes halogenated alkanes) is 1. The molecule has 1 amide bonds. The van der Waals surface area contributed by atoms with Crippen LogP contribution < -0.4 is 31.4 Å². The van der Waals surface area contributed by atoms with Crippen molar-refractivity contribution >= 4 is 17.4 Å². The maximum absolute atomic E-state index is 13.7. The number of nitrogens with two attached hydrogens (primary N) is 1. The van der Waals surface area contributed by atoms with Gasteiger partial charge in [-0.1, -0.05) is 31.5 Å². The predicted molar refractivity (Wildman–Crippen MR) is 136 cm³/mol. The number of carbonyl (C=O) groups is 1. The third-order valence-electron chi connectivity index (χ3n) is 5.65. The van der Waals surface area contributed by atoms with E-state index in [0.717, 1.165) is 6.42 Å². The molecule has 188 valence electrons. The molecule has 1 aromatic heterocycles. The van der Waals surface area contributed by atoms with Gasteiger partial charge in [0, 0.05) is 12.1 Å². The molecule has 3 aromatic rings. The van der Waals surface area contributed by atoms with Gasteiger partial charge in [-0.15, -0.1) is 0 Å². The molecule has 3 N–H and O–H groups in total. The molecule has 0 saturated heterocycles. The van der Waals surface area contributed by atoms with Crippen molar-refractivity contribution in [1.29, 1.82) is 5.26 Å². The normalized spacial score (nSPS) is 11.4. The van der Waals surface area contributed by atoms with Gasteiger partial charge in [0.2, 0.25) is 0 Å². The van der Waals surface area contributed by atoms with Gasteiger partial charge in [-0.25, -0.2) is 4.79 Å². The molecule has 0 unspecified atom stereocenters. The van der Waals surface area contributed by atoms with E-state index in [1.165, 1.54) is 16.6 Å². The van der Waals surface area contributed by atoms with Crippen molar-refractivity contribution in [3.05, 3.63) is 80.5 Å². The van der Waals surface area contributed by atoms with Gasteiger partial charge in [0.1, 0.15) is 17.3 Å². The van der Waals surface area contributed by atoms with Crippen molar-refractivity contribution in [1.82, 2.24) is 9.55 Å². The smallest absolute Gasteiger partial charge is 0.330 e. The van der Waals surface area contributed by atoms with Crippen molar-refractivity contribution in [3.63, 3.8) is 0 Å². The molecular formula is C26H29N5O5. The topological polar surface area (TPSA) is 143 Å². The van der Waals surface area contributed by atoms with Crippen molar-refractivity contribution < 1.29 is 14.3 Å². The van der Waals surface area contributed by atoms with Crippen LogP contribution in [0.1, 0.15) is 37.8 Å². The van der Waals surface area contributed by atoms with Gasteiger partial charge in [0.05, 0.1) is 25.3 Å². The molecule has 0 aliphatic rings. The predicted octanol–water partition coefficient (Wildman–Crippen LogP) is 2.80. The molecule has 2 aromatic carbocycles. The summed E-state index contributed by atoms with van der Waals surface area (Å²) in [6.45, 7) is 3.75. The highest BCUT2D eigenvalue weighted by atomic mass is 16.5. The van der Waals surface area contributed by atoms with Crippen molar-refractivity contribution in [2.45, 2.75) is 45.9 Å². The zero-order valence-electron chi connectivity index (χ0n) is 20.5. The molecule has 1 atom stereocenters. The standard InChI is InChI=1S/C26H29N5O5/c1-4-5-14-30-23(28)22(24(32)29-26(30)34)31(16-19-8-6-7-9-21(19)35-3)25(33)17(2)36-20-12-10-18(15-27)11-13-20/h6-13,17H,4-5,14,16,28H2,1-3H3,(H,29,32,34)/t17-/m0/s1. The number of H-pyrrole nitrogens is 1. The second-order valence-electron chi connectivity index (χ2n) is 8.13. The number of nitrogens with zero attached hydrogens (tertiary/aromatic N) is 3. The van der Waals surface area contributed by atoms with Gasteiger partial charge in [-0.3, -0.25) is 24.0 Å². The van der Waals surface area contributed by atoms with Gasteiger partial charge in [-0.05, 0) is 43.7 Å². The molecule has 0 spiro atoms. The number of para-hydroxylation sites is 1. The van der Waals surface area contributed by atoms with Gasteiger partial charge >= 0.3 is 5.69 Å². The van der Waals surface area contributed by atoms with E-state index in [9.17, 15) is 14.4 Å². The molecule has 0 aliphatic heterocycles. The summed E-state index contributed by atoms with van der Waals surface area (Å²) in [6, 6.07) is 15.4. The maximum Gasteiger partial charge on any atom is 0.330 e. The van der Waals surface area contributed by atoms with Crippen LogP contribution in [0.3, 0.4) is 0 Å². The molecule has 36 heavy (non-hydrogen) atoms. The minimum atomic E-state index is -1.03. The van der Waals surface area contributed by atoms with Crippen LogP contribution in [0.25, 0.3) is 0 Å². The van der Waals surface area contributed by atoms with Crippen LogP contribution in [0.15, 0.2) is 58.1 Å². The Morgan fingerprint density at radius 1 is 1.19 bits per heavy atom. The monoisotopic (exact) mass is 491 g/mol. The summed E-state index contributed by atoms with van der Waals surface area (Å²) >= 11 is 0. The number of aromatic amines is 1. The van der Waals surface area contributed by atoms with Gasteiger partial charge in [-0.2, -0.15) is 5.26 Å². The number of aromatic nitrogens is 2. The van der Waals surface area contributed by atoms with Gasteiger partial charge in [0.15, 0.2) is 11.8 Å². The highest BCUT2D eigenvalue weighted by Crippen LogP contribution is 2.26. The average Bonchev–Trinajstić information content (AvgIpc) is 2.88. The third kappa shape index (κ3) is 5.75. The van der Waals surface area contributed by atoms with Crippen LogP contribution in [0.5, 0.6) is 11.5 Å². The fourth-order valence-electron chi connectivity index (χ4n) is 3.73. The largest absolute Gasteiger partial charge is 0.496 e. The quantitative estimate of drug-likeness (QED) is 0.444. The zero-order valence-corrected chi connectivity index (χ0v) is 20.5. The number of hydrogen-bond acceptors (Lipinski definition) is 7. The summed E-state index contributed by atoms with van der Waals surface area (Å²) in [7, 11) is 1.51. The summed E-state index contributed by atoms with van der Waals surface area (Å²) in [6.07, 6.45) is 0.441. The molecule has 0 aliphatic carbocycles. The second-order valence-corrected chi connectivity index (χ2v) is 8.13. The minimum absolute atomic E-state index is 0.0524. The SMILES string of the molecule is CCCCn1c(N)c(N(Cc2ccccc2OC)C(=O)[C@H](C)Oc2ccc(C#N)cc2)c(=O)[nH]c1=O. The fraction of sp³-hybridized carbons (Fsp3) is 0.308. The molecule has 0 fully saturated rings. The van der Waals surface area contributed by atoms with E-state index in [1.807, 2.05) is 13.0 Å². The average molecular weight is 492 g/mol. The Morgan fingerprint density at radius 2 is 1.89 bits per heavy atom. The fourth-order valence-corrected chi connectivity index (χ4v) is 3.73. The first-order valence-corrected chi connectivity index (χ1v) is 11.5. The number of hydrogen-bond donors (Lipinski definition) is 2. The van der Waals surface area contributed by atoms with E-state index in [-0.39, 0.29) is 18.1 Å². The molecular weight excluding hydrogens is 462 g/mol. The number of methoxy groups -OCH3 is 1. The molecule has 1 heterocycles. The van der Waals surface area contributed by atoms with E-state index < -0.39 is 23.3 Å². The number of carbonyl (C=O) groups excluding carboxylic acids is 1. The highest BCUT2D eigenvalue weighted by Gasteiger charge is 2.30. The number of anilines is 2. The second kappa shape index (κ2) is 11.8. The Labute approximate surface area is 208 Å². The lowest BCUT2D eigenvalue weighted by molar-refractivity contribution is -0.124. The lowest BCUT2D eigenvalue weighted by Gasteiger charge is -2.28. The van der Waals surface area contributed by atoms with Crippen LogP contribution in [0, 0.1) is 11.3 Å². The molecule has 10 heteroatoms. The highest BCUT2D eigenvalue weighted by molar-refractivity contribution is 5.98. The van der Waals surface area contributed by atoms with Crippen molar-refractivity contribution in [3.8, 4) is 17.6 Å². The zero-order chi connectivity index (χ0) is 26.2. The van der Waals surface area contributed by atoms with E-state index in [1.54, 1.807) is 55.5 Å². The lowest BCUT2D eigenvalue weighted by atomic mass is 10.1. The summed E-state index contributed by atoms with van der Waals surface area (Å²) < 4.78 is 12.5. The van der Waals surface area contributed by atoms with E-state index in [2.05, 4.69) is 4.98 Å². The first-order valence-electron chi connectivity index (χ1n) is 11.5. The Balaban J connectivity index is 2.07. The van der Waals surface area contributed by atoms with Gasteiger partial charge < -0.3 is 15.2 Å². The summed E-state index contributed by atoms with van der Waals surface area (Å²) in [5.41, 5.74) is 5.84. The first-order chi connectivity index (χ1) is 17.3. The van der Waals surface area contributed by atoms with Gasteiger partial charge in [0.25, 0.3) is 11.5 Å². The van der Waals surface area contributed by atoms with E-state index >= 15 is 0 Å². The van der Waals surface area contributed by atoms with E-state index in [0.29, 0.717) is 35.6 Å². The number of ether oxygens (including phenoxy) is 2. The summed E-state index contributed by atoms with van der Waals surface area (Å²) in [5.74, 6) is 0.237. The third-order valence-corrected chi connectivity index (χ3v) is 5.65.